The molecule has 2 rings (SSSR count). The van der Waals surface area contributed by atoms with E-state index in [-0.39, 0.29) is 6.04 Å². The molecule has 0 radical (unpaired) electrons. The van der Waals surface area contributed by atoms with Crippen molar-refractivity contribution in [2.45, 2.75) is 26.4 Å². The van der Waals surface area contributed by atoms with E-state index in [0.29, 0.717) is 13.0 Å². The van der Waals surface area contributed by atoms with Gasteiger partial charge in [-0.25, -0.2) is 4.98 Å². The fourth-order valence-electron chi connectivity index (χ4n) is 2.04. The summed E-state index contributed by atoms with van der Waals surface area (Å²) in [5, 5.41) is 2.74. The fraction of sp³-hybridized carbons (Fsp3) is 0.286. The summed E-state index contributed by atoms with van der Waals surface area (Å²) in [6.45, 7) is 8.56. The number of nitrogens with zero attached hydrogens (tertiary/aromatic N) is 2. The first-order valence-corrected chi connectivity index (χ1v) is 5.92. The highest BCUT2D eigenvalue weighted by molar-refractivity contribution is 5.76. The summed E-state index contributed by atoms with van der Waals surface area (Å²) < 4.78 is 2.10. The van der Waals surface area contributed by atoms with Crippen molar-refractivity contribution in [1.29, 1.82) is 0 Å². The average molecular weight is 243 g/mol. The Bertz CT molecular complexity index is 586. The molecule has 4 nitrogen and oxygen atoms in total. The van der Waals surface area contributed by atoms with Crippen LogP contribution in [0.1, 0.15) is 25.7 Å². The fourth-order valence-corrected chi connectivity index (χ4v) is 2.04. The standard InChI is InChI=1S/C14H17N3O/c1-10(2)8-17-13-7-5-4-6-12(13)16-14(17)11(3)15-9-18/h4-7,9,11H,1,8H2,2-3H3,(H,15,18)/t11-/m0/s1. The van der Waals surface area contributed by atoms with Crippen LogP contribution in [0.3, 0.4) is 0 Å². The number of allylic oxidation sites excluding steroid dienone is 1. The molecule has 1 aromatic heterocycles. The van der Waals surface area contributed by atoms with Gasteiger partial charge in [0.1, 0.15) is 5.82 Å². The Labute approximate surface area is 106 Å². The predicted molar refractivity (Wildman–Crippen MR) is 72.2 cm³/mol. The van der Waals surface area contributed by atoms with Crippen LogP contribution in [-0.2, 0) is 11.3 Å². The van der Waals surface area contributed by atoms with Crippen molar-refractivity contribution in [1.82, 2.24) is 14.9 Å². The minimum atomic E-state index is -0.116. The zero-order chi connectivity index (χ0) is 13.1. The number of rotatable bonds is 5. The summed E-state index contributed by atoms with van der Waals surface area (Å²) in [5.41, 5.74) is 3.06. The largest absolute Gasteiger partial charge is 0.349 e. The molecule has 0 aliphatic rings. The number of amides is 1. The van der Waals surface area contributed by atoms with E-state index in [2.05, 4.69) is 21.4 Å². The molecule has 0 unspecified atom stereocenters. The van der Waals surface area contributed by atoms with Gasteiger partial charge < -0.3 is 9.88 Å². The highest BCUT2D eigenvalue weighted by Gasteiger charge is 2.15. The van der Waals surface area contributed by atoms with E-state index in [9.17, 15) is 4.79 Å². The molecule has 1 aromatic carbocycles. The van der Waals surface area contributed by atoms with Crippen LogP contribution in [0.25, 0.3) is 11.0 Å². The highest BCUT2D eigenvalue weighted by Crippen LogP contribution is 2.21. The number of carbonyl (C=O) groups is 1. The van der Waals surface area contributed by atoms with Gasteiger partial charge in [-0.15, -0.1) is 0 Å². The lowest BCUT2D eigenvalue weighted by Crippen LogP contribution is -2.20. The Morgan fingerprint density at radius 2 is 2.28 bits per heavy atom. The number of carbonyl (C=O) groups excluding carboxylic acids is 1. The molecule has 1 atom stereocenters. The normalized spacial score (nSPS) is 12.3. The van der Waals surface area contributed by atoms with Crippen molar-refractivity contribution < 1.29 is 4.79 Å². The maximum Gasteiger partial charge on any atom is 0.207 e. The Morgan fingerprint density at radius 3 is 2.94 bits per heavy atom. The summed E-state index contributed by atoms with van der Waals surface area (Å²) in [7, 11) is 0. The molecule has 0 saturated heterocycles. The number of hydrogen-bond acceptors (Lipinski definition) is 2. The molecular formula is C14H17N3O. The minimum Gasteiger partial charge on any atom is -0.349 e. The highest BCUT2D eigenvalue weighted by atomic mass is 16.1. The van der Waals surface area contributed by atoms with Gasteiger partial charge in [0.05, 0.1) is 17.1 Å². The van der Waals surface area contributed by atoms with Crippen molar-refractivity contribution in [3.05, 3.63) is 42.2 Å². The lowest BCUT2D eigenvalue weighted by Gasteiger charge is -2.13. The van der Waals surface area contributed by atoms with Crippen molar-refractivity contribution in [2.24, 2.45) is 0 Å². The summed E-state index contributed by atoms with van der Waals surface area (Å²) in [4.78, 5) is 15.2. The second-order valence-corrected chi connectivity index (χ2v) is 4.51. The van der Waals surface area contributed by atoms with Crippen molar-refractivity contribution in [2.75, 3.05) is 0 Å². The first kappa shape index (κ1) is 12.4. The van der Waals surface area contributed by atoms with Crippen LogP contribution >= 0.6 is 0 Å². The molecule has 1 amide bonds. The topological polar surface area (TPSA) is 46.9 Å². The van der Waals surface area contributed by atoms with Crippen LogP contribution in [0.4, 0.5) is 0 Å². The van der Waals surface area contributed by atoms with Crippen LogP contribution in [0, 0.1) is 0 Å². The predicted octanol–water partition coefficient (Wildman–Crippen LogP) is 2.42. The third-order valence-electron chi connectivity index (χ3n) is 2.82. The van der Waals surface area contributed by atoms with E-state index in [4.69, 9.17) is 0 Å². The first-order chi connectivity index (χ1) is 8.63. The quantitative estimate of drug-likeness (QED) is 0.647. The van der Waals surface area contributed by atoms with Gasteiger partial charge in [-0.3, -0.25) is 4.79 Å². The van der Waals surface area contributed by atoms with Gasteiger partial charge in [0.15, 0.2) is 0 Å². The summed E-state index contributed by atoms with van der Waals surface area (Å²) in [5.74, 6) is 0.853. The number of fused-ring (bicyclic) bond motifs is 1. The molecular weight excluding hydrogens is 226 g/mol. The molecule has 94 valence electrons. The number of aromatic nitrogens is 2. The van der Waals surface area contributed by atoms with Crippen LogP contribution < -0.4 is 5.32 Å². The summed E-state index contributed by atoms with van der Waals surface area (Å²) in [6, 6.07) is 7.83. The van der Waals surface area contributed by atoms with Gasteiger partial charge in [-0.1, -0.05) is 24.3 Å². The number of nitrogens with one attached hydrogen (secondary N) is 1. The molecule has 4 heteroatoms. The molecule has 18 heavy (non-hydrogen) atoms. The number of imidazole rings is 1. The van der Waals surface area contributed by atoms with Gasteiger partial charge in [0, 0.05) is 6.54 Å². The van der Waals surface area contributed by atoms with Gasteiger partial charge in [-0.05, 0) is 26.0 Å². The van der Waals surface area contributed by atoms with Gasteiger partial charge in [-0.2, -0.15) is 0 Å². The summed E-state index contributed by atoms with van der Waals surface area (Å²) >= 11 is 0. The molecule has 0 aliphatic heterocycles. The Hall–Kier alpha value is -2.10. The molecule has 0 spiro atoms. The lowest BCUT2D eigenvalue weighted by atomic mass is 10.2. The van der Waals surface area contributed by atoms with E-state index in [1.165, 1.54) is 0 Å². The van der Waals surface area contributed by atoms with Crippen molar-refractivity contribution >= 4 is 17.4 Å². The molecule has 0 saturated carbocycles. The molecule has 0 aliphatic carbocycles. The Balaban J connectivity index is 2.55. The zero-order valence-electron chi connectivity index (χ0n) is 10.7. The van der Waals surface area contributed by atoms with Gasteiger partial charge in [0.25, 0.3) is 0 Å². The van der Waals surface area contributed by atoms with Crippen LogP contribution in [0.5, 0.6) is 0 Å². The van der Waals surface area contributed by atoms with E-state index in [1.807, 2.05) is 38.1 Å². The van der Waals surface area contributed by atoms with Crippen LogP contribution in [0.15, 0.2) is 36.4 Å². The van der Waals surface area contributed by atoms with E-state index in [1.54, 1.807) is 0 Å². The SMILES string of the molecule is C=C(C)Cn1c([C@H](C)NC=O)nc2ccccc21. The Morgan fingerprint density at radius 1 is 1.56 bits per heavy atom. The molecule has 2 aromatic rings. The van der Waals surface area contributed by atoms with E-state index < -0.39 is 0 Å². The third-order valence-corrected chi connectivity index (χ3v) is 2.82. The minimum absolute atomic E-state index is 0.116. The number of para-hydroxylation sites is 2. The molecule has 1 N–H and O–H groups in total. The smallest absolute Gasteiger partial charge is 0.207 e. The monoisotopic (exact) mass is 243 g/mol. The zero-order valence-corrected chi connectivity index (χ0v) is 10.7. The van der Waals surface area contributed by atoms with E-state index >= 15 is 0 Å². The average Bonchev–Trinajstić information content (AvgIpc) is 2.68. The Kier molecular flexibility index (Phi) is 3.46. The maximum atomic E-state index is 10.6. The molecule has 0 bridgehead atoms. The molecule has 1 heterocycles. The van der Waals surface area contributed by atoms with Gasteiger partial charge >= 0.3 is 0 Å². The molecule has 0 fully saturated rings. The first-order valence-electron chi connectivity index (χ1n) is 5.92. The summed E-state index contributed by atoms with van der Waals surface area (Å²) in [6.07, 6.45) is 0.703. The maximum absolute atomic E-state index is 10.6. The van der Waals surface area contributed by atoms with Gasteiger partial charge in [0.2, 0.25) is 6.41 Å². The van der Waals surface area contributed by atoms with Crippen LogP contribution in [0.2, 0.25) is 0 Å². The van der Waals surface area contributed by atoms with Crippen LogP contribution in [-0.4, -0.2) is 16.0 Å². The van der Waals surface area contributed by atoms with Crippen molar-refractivity contribution in [3.63, 3.8) is 0 Å². The second kappa shape index (κ2) is 5.04. The second-order valence-electron chi connectivity index (χ2n) is 4.51. The lowest BCUT2D eigenvalue weighted by molar-refractivity contribution is -0.110. The number of hydrogen-bond donors (Lipinski definition) is 1. The third kappa shape index (κ3) is 2.27. The van der Waals surface area contributed by atoms with E-state index in [0.717, 1.165) is 22.4 Å². The number of benzene rings is 1. The van der Waals surface area contributed by atoms with Crippen molar-refractivity contribution in [3.8, 4) is 0 Å².